The fourth-order valence-electron chi connectivity index (χ4n) is 2.26. The van der Waals surface area contributed by atoms with Crippen molar-refractivity contribution in [3.63, 3.8) is 0 Å². The van der Waals surface area contributed by atoms with Gasteiger partial charge in [-0.05, 0) is 25.2 Å². The molecule has 2 fully saturated rings. The van der Waals surface area contributed by atoms with Gasteiger partial charge < -0.3 is 10.4 Å². The Bertz CT molecular complexity index is 251. The highest BCUT2D eigenvalue weighted by molar-refractivity contribution is 5.89. The van der Waals surface area contributed by atoms with Gasteiger partial charge in [0.1, 0.15) is 5.54 Å². The van der Waals surface area contributed by atoms with Gasteiger partial charge in [-0.2, -0.15) is 0 Å². The zero-order chi connectivity index (χ0) is 8.77. The van der Waals surface area contributed by atoms with E-state index in [1.165, 1.54) is 0 Å². The monoisotopic (exact) mass is 169 g/mol. The lowest BCUT2D eigenvalue weighted by Crippen LogP contribution is -2.55. The zero-order valence-corrected chi connectivity index (χ0v) is 6.67. The van der Waals surface area contributed by atoms with Crippen LogP contribution in [0.3, 0.4) is 0 Å². The van der Waals surface area contributed by atoms with Crippen LogP contribution in [0.15, 0.2) is 0 Å². The zero-order valence-electron chi connectivity index (χ0n) is 6.67. The molecule has 1 amide bonds. The Kier molecular flexibility index (Phi) is 1.40. The first-order chi connectivity index (χ1) is 5.62. The van der Waals surface area contributed by atoms with E-state index < -0.39 is 11.5 Å². The molecule has 66 valence electrons. The molecule has 0 aromatic heterocycles. The second-order valence-corrected chi connectivity index (χ2v) is 3.75. The molecule has 1 aliphatic carbocycles. The van der Waals surface area contributed by atoms with Crippen molar-refractivity contribution in [3.8, 4) is 0 Å². The molecule has 1 heterocycles. The molecule has 0 spiro atoms. The van der Waals surface area contributed by atoms with Gasteiger partial charge in [0.05, 0.1) is 0 Å². The SMILES string of the molecule is O=C1C[C@@H]2CC[C@@](C(=O)O)(C2)N1. The lowest BCUT2D eigenvalue weighted by molar-refractivity contribution is -0.148. The highest BCUT2D eigenvalue weighted by Crippen LogP contribution is 2.39. The second-order valence-electron chi connectivity index (χ2n) is 3.75. The van der Waals surface area contributed by atoms with E-state index in [2.05, 4.69) is 5.32 Å². The summed E-state index contributed by atoms with van der Waals surface area (Å²) < 4.78 is 0. The molecule has 2 atom stereocenters. The second kappa shape index (κ2) is 2.21. The number of piperidine rings is 1. The fourth-order valence-corrected chi connectivity index (χ4v) is 2.26. The standard InChI is InChI=1S/C8H11NO3/c10-6-3-5-1-2-8(4-5,9-6)7(11)12/h5H,1-4H2,(H,9,10)(H,11,12)/t5-,8-/m0/s1. The van der Waals surface area contributed by atoms with E-state index in [9.17, 15) is 9.59 Å². The summed E-state index contributed by atoms with van der Waals surface area (Å²) in [6.45, 7) is 0. The highest BCUT2D eigenvalue weighted by Gasteiger charge is 2.50. The predicted molar refractivity (Wildman–Crippen MR) is 40.5 cm³/mol. The maximum Gasteiger partial charge on any atom is 0.329 e. The Hall–Kier alpha value is -1.06. The predicted octanol–water partition coefficient (Wildman–Crippen LogP) is 0.130. The molecular weight excluding hydrogens is 158 g/mol. The number of rotatable bonds is 1. The minimum Gasteiger partial charge on any atom is -0.480 e. The Balaban J connectivity index is 2.27. The van der Waals surface area contributed by atoms with Gasteiger partial charge in [-0.15, -0.1) is 0 Å². The number of nitrogens with one attached hydrogen (secondary N) is 1. The molecule has 2 N–H and O–H groups in total. The number of carboxylic acids is 1. The van der Waals surface area contributed by atoms with Crippen LogP contribution in [0.2, 0.25) is 0 Å². The van der Waals surface area contributed by atoms with Gasteiger partial charge in [0.25, 0.3) is 0 Å². The average Bonchev–Trinajstić information content (AvgIpc) is 2.28. The molecule has 0 aromatic carbocycles. The molecule has 1 saturated heterocycles. The summed E-state index contributed by atoms with van der Waals surface area (Å²) in [5.41, 5.74) is -0.917. The number of carbonyl (C=O) groups is 2. The summed E-state index contributed by atoms with van der Waals surface area (Å²) in [4.78, 5) is 21.9. The van der Waals surface area contributed by atoms with E-state index in [1.54, 1.807) is 0 Å². The van der Waals surface area contributed by atoms with Gasteiger partial charge in [0, 0.05) is 6.42 Å². The number of aliphatic carboxylic acids is 1. The molecule has 4 nitrogen and oxygen atoms in total. The van der Waals surface area contributed by atoms with Crippen LogP contribution < -0.4 is 5.32 Å². The van der Waals surface area contributed by atoms with Gasteiger partial charge in [0.15, 0.2) is 0 Å². The Morgan fingerprint density at radius 3 is 3.08 bits per heavy atom. The van der Waals surface area contributed by atoms with Crippen molar-refractivity contribution in [2.45, 2.75) is 31.2 Å². The van der Waals surface area contributed by atoms with Crippen LogP contribution in [0.4, 0.5) is 0 Å². The first-order valence-electron chi connectivity index (χ1n) is 4.17. The van der Waals surface area contributed by atoms with Gasteiger partial charge in [-0.25, -0.2) is 4.79 Å². The van der Waals surface area contributed by atoms with Crippen molar-refractivity contribution in [2.75, 3.05) is 0 Å². The van der Waals surface area contributed by atoms with Crippen LogP contribution in [0.25, 0.3) is 0 Å². The van der Waals surface area contributed by atoms with E-state index in [-0.39, 0.29) is 5.91 Å². The minimum atomic E-state index is -0.917. The van der Waals surface area contributed by atoms with Crippen LogP contribution in [0.5, 0.6) is 0 Å². The molecule has 1 saturated carbocycles. The smallest absolute Gasteiger partial charge is 0.329 e. The summed E-state index contributed by atoms with van der Waals surface area (Å²) in [7, 11) is 0. The largest absolute Gasteiger partial charge is 0.480 e. The molecule has 2 aliphatic rings. The summed E-state index contributed by atoms with van der Waals surface area (Å²) in [6.07, 6.45) is 2.59. The van der Waals surface area contributed by atoms with Crippen LogP contribution in [-0.2, 0) is 9.59 Å². The summed E-state index contributed by atoms with van der Waals surface area (Å²) in [5.74, 6) is -0.681. The Morgan fingerprint density at radius 1 is 1.67 bits per heavy atom. The van der Waals surface area contributed by atoms with Crippen molar-refractivity contribution < 1.29 is 14.7 Å². The Morgan fingerprint density at radius 2 is 2.42 bits per heavy atom. The molecule has 4 heteroatoms. The van der Waals surface area contributed by atoms with Crippen LogP contribution in [0.1, 0.15) is 25.7 Å². The molecular formula is C8H11NO3. The number of hydrogen-bond donors (Lipinski definition) is 2. The van der Waals surface area contributed by atoms with Crippen molar-refractivity contribution in [2.24, 2.45) is 5.92 Å². The molecule has 1 aliphatic heterocycles. The average molecular weight is 169 g/mol. The van der Waals surface area contributed by atoms with Gasteiger partial charge in [0.2, 0.25) is 5.91 Å². The van der Waals surface area contributed by atoms with E-state index in [0.717, 1.165) is 6.42 Å². The van der Waals surface area contributed by atoms with Crippen molar-refractivity contribution >= 4 is 11.9 Å². The first-order valence-corrected chi connectivity index (χ1v) is 4.17. The van der Waals surface area contributed by atoms with Gasteiger partial charge in [-0.1, -0.05) is 0 Å². The highest BCUT2D eigenvalue weighted by atomic mass is 16.4. The van der Waals surface area contributed by atoms with Crippen molar-refractivity contribution in [3.05, 3.63) is 0 Å². The van der Waals surface area contributed by atoms with E-state index in [1.807, 2.05) is 0 Å². The topological polar surface area (TPSA) is 66.4 Å². The summed E-state index contributed by atoms with van der Waals surface area (Å²) in [5, 5.41) is 11.5. The maximum atomic E-state index is 11.1. The number of carbonyl (C=O) groups excluding carboxylic acids is 1. The van der Waals surface area contributed by atoms with E-state index in [4.69, 9.17) is 5.11 Å². The quantitative estimate of drug-likeness (QED) is 0.586. The number of carboxylic acid groups (broad SMARTS) is 1. The molecule has 0 unspecified atom stereocenters. The lowest BCUT2D eigenvalue weighted by Gasteiger charge is -2.29. The van der Waals surface area contributed by atoms with Crippen LogP contribution >= 0.6 is 0 Å². The molecule has 2 rings (SSSR count). The third-order valence-corrected chi connectivity index (χ3v) is 2.88. The summed E-state index contributed by atoms with van der Waals surface area (Å²) >= 11 is 0. The third-order valence-electron chi connectivity index (χ3n) is 2.88. The minimum absolute atomic E-state index is 0.105. The molecule has 0 radical (unpaired) electrons. The molecule has 12 heavy (non-hydrogen) atoms. The lowest BCUT2D eigenvalue weighted by atomic mass is 9.90. The van der Waals surface area contributed by atoms with Crippen LogP contribution in [-0.4, -0.2) is 22.5 Å². The van der Waals surface area contributed by atoms with E-state index >= 15 is 0 Å². The summed E-state index contributed by atoms with van der Waals surface area (Å²) in [6, 6.07) is 0. The molecule has 0 aromatic rings. The maximum absolute atomic E-state index is 11.1. The normalized spacial score (nSPS) is 39.3. The number of fused-ring (bicyclic) bond motifs is 2. The number of amides is 1. The Labute approximate surface area is 69.9 Å². The molecule has 2 bridgehead atoms. The van der Waals surface area contributed by atoms with E-state index in [0.29, 0.717) is 25.2 Å². The van der Waals surface area contributed by atoms with Crippen LogP contribution in [0, 0.1) is 5.92 Å². The van der Waals surface area contributed by atoms with Crippen molar-refractivity contribution in [1.29, 1.82) is 0 Å². The number of hydrogen-bond acceptors (Lipinski definition) is 2. The van der Waals surface area contributed by atoms with Gasteiger partial charge in [-0.3, -0.25) is 4.79 Å². The van der Waals surface area contributed by atoms with Gasteiger partial charge >= 0.3 is 5.97 Å². The fraction of sp³-hybridized carbons (Fsp3) is 0.750. The third kappa shape index (κ3) is 0.906. The first kappa shape index (κ1) is 7.58. The van der Waals surface area contributed by atoms with Crippen molar-refractivity contribution in [1.82, 2.24) is 5.32 Å².